The lowest BCUT2D eigenvalue weighted by molar-refractivity contribution is -0.122. The lowest BCUT2D eigenvalue weighted by Crippen LogP contribution is -2.34. The molecule has 1 saturated carbocycles. The van der Waals surface area contributed by atoms with Crippen LogP contribution in [0, 0.1) is 11.8 Å². The van der Waals surface area contributed by atoms with Crippen LogP contribution in [0.2, 0.25) is 5.02 Å². The molecule has 0 spiro atoms. The van der Waals surface area contributed by atoms with Gasteiger partial charge in [0.05, 0.1) is 11.6 Å². The van der Waals surface area contributed by atoms with Crippen LogP contribution < -0.4 is 10.1 Å². The molecule has 1 aliphatic rings. The Morgan fingerprint density at radius 2 is 1.83 bits per heavy atom. The summed E-state index contributed by atoms with van der Waals surface area (Å²) in [6.45, 7) is 2.10. The topological polar surface area (TPSA) is 51.2 Å². The first-order valence-corrected chi connectivity index (χ1v) is 11.1. The summed E-state index contributed by atoms with van der Waals surface area (Å²) in [5.74, 6) is 1.40. The van der Waals surface area contributed by atoms with Gasteiger partial charge in [0.2, 0.25) is 5.91 Å². The molecule has 2 aromatic carbocycles. The molecule has 0 aliphatic heterocycles. The van der Waals surface area contributed by atoms with Crippen molar-refractivity contribution in [2.75, 3.05) is 5.32 Å². The summed E-state index contributed by atoms with van der Waals surface area (Å²) < 4.78 is 6.34. The highest BCUT2D eigenvalue weighted by molar-refractivity contribution is 6.30. The second-order valence-electron chi connectivity index (χ2n) is 7.99. The van der Waals surface area contributed by atoms with E-state index in [0.717, 1.165) is 54.4 Å². The second-order valence-corrected chi connectivity index (χ2v) is 8.43. The van der Waals surface area contributed by atoms with Crippen molar-refractivity contribution in [3.63, 3.8) is 0 Å². The number of para-hydroxylation sites is 1. The predicted octanol–water partition coefficient (Wildman–Crippen LogP) is 6.49. The van der Waals surface area contributed by atoms with Crippen LogP contribution in [-0.4, -0.2) is 17.0 Å². The molecule has 0 saturated heterocycles. The Morgan fingerprint density at radius 1 is 1.10 bits per heavy atom. The van der Waals surface area contributed by atoms with E-state index in [0.29, 0.717) is 10.9 Å². The molecular weight excluding hydrogens is 396 g/mol. The highest BCUT2D eigenvalue weighted by Crippen LogP contribution is 2.35. The standard InChI is InChI=1S/C25H27ClN2O2/c1-2-21(25(29)28-19-11-9-18(26)10-12-19)17-7-13-20(14-8-17)30-24-15-16-27-23-6-4-3-5-22(23)24/h3-6,9-12,15-17,20-21H,2,7-8,13-14H2,1H3,(H,28,29)/t17-,20-,21?. The second kappa shape index (κ2) is 9.48. The van der Waals surface area contributed by atoms with E-state index in [1.165, 1.54) is 0 Å². The smallest absolute Gasteiger partial charge is 0.227 e. The fourth-order valence-electron chi connectivity index (χ4n) is 4.46. The number of carbonyl (C=O) groups excluding carboxylic acids is 1. The van der Waals surface area contributed by atoms with Crippen LogP contribution in [0.4, 0.5) is 5.69 Å². The Kier molecular flexibility index (Phi) is 6.53. The molecule has 1 amide bonds. The van der Waals surface area contributed by atoms with Crippen molar-refractivity contribution >= 4 is 34.1 Å². The van der Waals surface area contributed by atoms with Crippen LogP contribution in [0.25, 0.3) is 10.9 Å². The molecular formula is C25H27ClN2O2. The molecule has 1 N–H and O–H groups in total. The third-order valence-corrected chi connectivity index (χ3v) is 6.33. The SMILES string of the molecule is CCC(C(=O)Nc1ccc(Cl)cc1)[C@H]1CC[C@H](Oc2ccnc3ccccc23)CC1. The average Bonchev–Trinajstić information content (AvgIpc) is 2.77. The fraction of sp³-hybridized carbons (Fsp3) is 0.360. The zero-order valence-corrected chi connectivity index (χ0v) is 17.9. The van der Waals surface area contributed by atoms with E-state index in [9.17, 15) is 4.79 Å². The molecule has 1 atom stereocenters. The first-order chi connectivity index (χ1) is 14.6. The largest absolute Gasteiger partial charge is 0.490 e. The minimum atomic E-state index is 0.0170. The minimum absolute atomic E-state index is 0.0170. The third kappa shape index (κ3) is 4.76. The van der Waals surface area contributed by atoms with Crippen molar-refractivity contribution < 1.29 is 9.53 Å². The van der Waals surface area contributed by atoms with Gasteiger partial charge in [0, 0.05) is 28.2 Å². The average molecular weight is 423 g/mol. The number of aromatic nitrogens is 1. The number of halogens is 1. The van der Waals surface area contributed by atoms with Gasteiger partial charge in [-0.2, -0.15) is 0 Å². The van der Waals surface area contributed by atoms with Gasteiger partial charge in [0.25, 0.3) is 0 Å². The molecule has 1 aliphatic carbocycles. The van der Waals surface area contributed by atoms with Gasteiger partial charge in [-0.3, -0.25) is 9.78 Å². The highest BCUT2D eigenvalue weighted by Gasteiger charge is 2.31. The molecule has 0 bridgehead atoms. The number of rotatable bonds is 6. The van der Waals surface area contributed by atoms with Crippen molar-refractivity contribution in [3.8, 4) is 5.75 Å². The molecule has 1 unspecified atom stereocenters. The Labute approximate surface area is 182 Å². The summed E-state index contributed by atoms with van der Waals surface area (Å²) >= 11 is 5.94. The maximum absolute atomic E-state index is 12.9. The van der Waals surface area contributed by atoms with Crippen LogP contribution in [0.15, 0.2) is 60.8 Å². The number of carbonyl (C=O) groups is 1. The van der Waals surface area contributed by atoms with E-state index >= 15 is 0 Å². The van der Waals surface area contributed by atoms with Gasteiger partial charge in [-0.25, -0.2) is 0 Å². The number of nitrogens with one attached hydrogen (secondary N) is 1. The van der Waals surface area contributed by atoms with E-state index in [1.54, 1.807) is 18.3 Å². The zero-order valence-electron chi connectivity index (χ0n) is 17.2. The number of benzene rings is 2. The molecule has 156 valence electrons. The summed E-state index contributed by atoms with van der Waals surface area (Å²) in [5, 5.41) is 4.77. The van der Waals surface area contributed by atoms with Crippen molar-refractivity contribution in [3.05, 3.63) is 65.8 Å². The maximum Gasteiger partial charge on any atom is 0.227 e. The number of fused-ring (bicyclic) bond motifs is 1. The summed E-state index contributed by atoms with van der Waals surface area (Å²) in [4.78, 5) is 17.3. The molecule has 1 aromatic heterocycles. The molecule has 1 heterocycles. The summed E-state index contributed by atoms with van der Waals surface area (Å²) in [6, 6.07) is 17.3. The van der Waals surface area contributed by atoms with Gasteiger partial charge in [-0.15, -0.1) is 0 Å². The maximum atomic E-state index is 12.9. The quantitative estimate of drug-likeness (QED) is 0.493. The highest BCUT2D eigenvalue weighted by atomic mass is 35.5. The van der Waals surface area contributed by atoms with Gasteiger partial charge in [-0.05, 0) is 80.5 Å². The summed E-state index contributed by atoms with van der Waals surface area (Å²) in [6.07, 6.45) is 6.75. The van der Waals surface area contributed by atoms with Gasteiger partial charge in [0.1, 0.15) is 5.75 Å². The number of hydrogen-bond donors (Lipinski definition) is 1. The van der Waals surface area contributed by atoms with Crippen LogP contribution in [0.1, 0.15) is 39.0 Å². The Bertz CT molecular complexity index is 992. The Balaban J connectivity index is 1.35. The number of ether oxygens (including phenoxy) is 1. The molecule has 4 rings (SSSR count). The monoisotopic (exact) mass is 422 g/mol. The summed E-state index contributed by atoms with van der Waals surface area (Å²) in [7, 11) is 0. The van der Waals surface area contributed by atoms with Crippen LogP contribution in [0.5, 0.6) is 5.75 Å². The zero-order chi connectivity index (χ0) is 20.9. The van der Waals surface area contributed by atoms with Crippen molar-refractivity contribution in [1.29, 1.82) is 0 Å². The van der Waals surface area contributed by atoms with Crippen LogP contribution in [0.3, 0.4) is 0 Å². The molecule has 30 heavy (non-hydrogen) atoms. The molecule has 5 heteroatoms. The molecule has 1 fully saturated rings. The van der Waals surface area contributed by atoms with Gasteiger partial charge < -0.3 is 10.1 Å². The predicted molar refractivity (Wildman–Crippen MR) is 122 cm³/mol. The van der Waals surface area contributed by atoms with Gasteiger partial charge in [0.15, 0.2) is 0 Å². The van der Waals surface area contributed by atoms with Gasteiger partial charge >= 0.3 is 0 Å². The van der Waals surface area contributed by atoms with E-state index in [2.05, 4.69) is 23.3 Å². The van der Waals surface area contributed by atoms with Crippen molar-refractivity contribution in [1.82, 2.24) is 4.98 Å². The lowest BCUT2D eigenvalue weighted by atomic mass is 9.77. The minimum Gasteiger partial charge on any atom is -0.490 e. The normalized spacial score (nSPS) is 19.9. The third-order valence-electron chi connectivity index (χ3n) is 6.08. The van der Waals surface area contributed by atoms with Gasteiger partial charge in [-0.1, -0.05) is 30.7 Å². The Hall–Kier alpha value is -2.59. The van der Waals surface area contributed by atoms with E-state index in [1.807, 2.05) is 36.4 Å². The Morgan fingerprint density at radius 3 is 2.57 bits per heavy atom. The van der Waals surface area contributed by atoms with Crippen molar-refractivity contribution in [2.24, 2.45) is 11.8 Å². The number of anilines is 1. The molecule has 3 aromatic rings. The van der Waals surface area contributed by atoms with E-state index < -0.39 is 0 Å². The van der Waals surface area contributed by atoms with Crippen LogP contribution in [-0.2, 0) is 4.79 Å². The number of nitrogens with zero attached hydrogens (tertiary/aromatic N) is 1. The van der Waals surface area contributed by atoms with Crippen LogP contribution >= 0.6 is 11.6 Å². The summed E-state index contributed by atoms with van der Waals surface area (Å²) in [5.41, 5.74) is 1.75. The fourth-order valence-corrected chi connectivity index (χ4v) is 4.59. The van der Waals surface area contributed by atoms with E-state index in [-0.39, 0.29) is 17.9 Å². The van der Waals surface area contributed by atoms with Crippen molar-refractivity contribution in [2.45, 2.75) is 45.1 Å². The first-order valence-electron chi connectivity index (χ1n) is 10.7. The number of hydrogen-bond acceptors (Lipinski definition) is 3. The molecule has 0 radical (unpaired) electrons. The van der Waals surface area contributed by atoms with E-state index in [4.69, 9.17) is 16.3 Å². The molecule has 4 nitrogen and oxygen atoms in total. The number of amides is 1. The lowest BCUT2D eigenvalue weighted by Gasteiger charge is -2.33. The number of pyridine rings is 1. The first kappa shape index (κ1) is 20.7.